The first kappa shape index (κ1) is 9.79. The van der Waals surface area contributed by atoms with Crippen molar-refractivity contribution in [3.63, 3.8) is 0 Å². The molecule has 2 fully saturated rings. The van der Waals surface area contributed by atoms with Gasteiger partial charge in [-0.3, -0.25) is 0 Å². The average Bonchev–Trinajstić information content (AvgIpc) is 2.88. The fraction of sp³-hybridized carbons (Fsp3) is 0.750. The van der Waals surface area contributed by atoms with Crippen molar-refractivity contribution in [1.82, 2.24) is 4.98 Å². The van der Waals surface area contributed by atoms with Crippen molar-refractivity contribution < 1.29 is 5.11 Å². The number of aliphatic hydroxyl groups is 1. The van der Waals surface area contributed by atoms with Gasteiger partial charge in [-0.15, -0.1) is 11.3 Å². The van der Waals surface area contributed by atoms with Crippen molar-refractivity contribution in [3.8, 4) is 0 Å². The van der Waals surface area contributed by atoms with E-state index in [2.05, 4.69) is 4.98 Å². The van der Waals surface area contributed by atoms with Crippen LogP contribution in [0.2, 0.25) is 0 Å². The second-order valence-corrected chi connectivity index (χ2v) is 5.85. The Morgan fingerprint density at radius 2 is 2.20 bits per heavy atom. The zero-order chi connectivity index (χ0) is 10.3. The van der Waals surface area contributed by atoms with Crippen LogP contribution in [0.4, 0.5) is 0 Å². The van der Waals surface area contributed by atoms with Crippen LogP contribution in [-0.4, -0.2) is 10.1 Å². The van der Waals surface area contributed by atoms with Gasteiger partial charge in [-0.25, -0.2) is 4.98 Å². The van der Waals surface area contributed by atoms with E-state index >= 15 is 0 Å². The molecule has 15 heavy (non-hydrogen) atoms. The Bertz CT molecular complexity index is 337. The summed E-state index contributed by atoms with van der Waals surface area (Å²) >= 11 is 1.61. The summed E-state index contributed by atoms with van der Waals surface area (Å²) in [5, 5.41) is 13.7. The fourth-order valence-corrected chi connectivity index (χ4v) is 4.31. The highest BCUT2D eigenvalue weighted by Gasteiger charge is 2.50. The fourth-order valence-electron chi connectivity index (χ4n) is 3.48. The van der Waals surface area contributed by atoms with Crippen LogP contribution in [0.15, 0.2) is 11.6 Å². The first-order chi connectivity index (χ1) is 7.31. The molecule has 0 aromatic carbocycles. The minimum absolute atomic E-state index is 0.484. The van der Waals surface area contributed by atoms with Crippen LogP contribution in [0.3, 0.4) is 0 Å². The van der Waals surface area contributed by atoms with Gasteiger partial charge in [0.05, 0.1) is 0 Å². The minimum atomic E-state index is -0.584. The van der Waals surface area contributed by atoms with Gasteiger partial charge >= 0.3 is 0 Å². The Kier molecular flexibility index (Phi) is 2.33. The molecule has 0 aliphatic heterocycles. The predicted octanol–water partition coefficient (Wildman–Crippen LogP) is 2.93. The maximum atomic E-state index is 10.8. The van der Waals surface area contributed by atoms with Crippen LogP contribution in [0.1, 0.15) is 43.5 Å². The summed E-state index contributed by atoms with van der Waals surface area (Å²) < 4.78 is 0. The molecule has 2 saturated carbocycles. The van der Waals surface area contributed by atoms with Crippen molar-refractivity contribution >= 4 is 11.3 Å². The van der Waals surface area contributed by atoms with Gasteiger partial charge in [0.1, 0.15) is 10.6 Å². The quantitative estimate of drug-likeness (QED) is 0.794. The normalized spacial score (nSPS) is 40.3. The number of rotatable bonds is 1. The lowest BCUT2D eigenvalue weighted by molar-refractivity contribution is -0.0244. The molecule has 3 unspecified atom stereocenters. The van der Waals surface area contributed by atoms with E-state index in [0.29, 0.717) is 5.92 Å². The van der Waals surface area contributed by atoms with Gasteiger partial charge in [0.25, 0.3) is 0 Å². The Balaban J connectivity index is 1.92. The van der Waals surface area contributed by atoms with E-state index in [1.807, 2.05) is 11.6 Å². The number of aromatic nitrogens is 1. The number of hydrogen-bond donors (Lipinski definition) is 1. The Morgan fingerprint density at radius 1 is 1.33 bits per heavy atom. The highest BCUT2D eigenvalue weighted by Crippen LogP contribution is 2.53. The van der Waals surface area contributed by atoms with Crippen molar-refractivity contribution in [2.45, 2.75) is 44.1 Å². The van der Waals surface area contributed by atoms with Crippen molar-refractivity contribution in [3.05, 3.63) is 16.6 Å². The van der Waals surface area contributed by atoms with E-state index in [-0.39, 0.29) is 0 Å². The SMILES string of the molecule is OC1(c2nccs2)CCC2CCCCC21. The van der Waals surface area contributed by atoms with Crippen LogP contribution in [-0.2, 0) is 5.60 Å². The van der Waals surface area contributed by atoms with Crippen LogP contribution in [0.25, 0.3) is 0 Å². The van der Waals surface area contributed by atoms with Gasteiger partial charge in [-0.2, -0.15) is 0 Å². The molecule has 2 nitrogen and oxygen atoms in total. The van der Waals surface area contributed by atoms with Crippen LogP contribution >= 0.6 is 11.3 Å². The Labute approximate surface area is 94.4 Å². The summed E-state index contributed by atoms with van der Waals surface area (Å²) in [6, 6.07) is 0. The summed E-state index contributed by atoms with van der Waals surface area (Å²) in [6.45, 7) is 0. The Hall–Kier alpha value is -0.410. The first-order valence-electron chi connectivity index (χ1n) is 5.93. The Morgan fingerprint density at radius 3 is 3.00 bits per heavy atom. The summed E-state index contributed by atoms with van der Waals surface area (Å²) in [5.74, 6) is 1.24. The molecule has 0 bridgehead atoms. The van der Waals surface area contributed by atoms with E-state index in [9.17, 15) is 5.11 Å². The van der Waals surface area contributed by atoms with Crippen LogP contribution < -0.4 is 0 Å². The third-order valence-electron chi connectivity index (χ3n) is 4.22. The van der Waals surface area contributed by atoms with Crippen molar-refractivity contribution in [2.75, 3.05) is 0 Å². The molecule has 3 atom stereocenters. The lowest BCUT2D eigenvalue weighted by atomic mass is 9.76. The zero-order valence-electron chi connectivity index (χ0n) is 8.85. The number of fused-ring (bicyclic) bond motifs is 1. The summed E-state index contributed by atoms with van der Waals surface area (Å²) in [5.41, 5.74) is -0.584. The smallest absolute Gasteiger partial charge is 0.125 e. The summed E-state index contributed by atoms with van der Waals surface area (Å²) in [6.07, 6.45) is 9.09. The highest BCUT2D eigenvalue weighted by atomic mass is 32.1. The van der Waals surface area contributed by atoms with E-state index in [0.717, 1.165) is 17.3 Å². The third-order valence-corrected chi connectivity index (χ3v) is 5.16. The lowest BCUT2D eigenvalue weighted by Gasteiger charge is -2.34. The third kappa shape index (κ3) is 1.44. The molecular weight excluding hydrogens is 206 g/mol. The molecule has 0 spiro atoms. The van der Waals surface area contributed by atoms with Gasteiger partial charge in [-0.1, -0.05) is 19.3 Å². The van der Waals surface area contributed by atoms with Crippen molar-refractivity contribution in [2.24, 2.45) is 11.8 Å². The van der Waals surface area contributed by atoms with E-state index < -0.39 is 5.60 Å². The number of hydrogen-bond acceptors (Lipinski definition) is 3. The van der Waals surface area contributed by atoms with Gasteiger partial charge < -0.3 is 5.11 Å². The molecule has 0 saturated heterocycles. The molecule has 2 aliphatic rings. The second-order valence-electron chi connectivity index (χ2n) is 4.95. The largest absolute Gasteiger partial charge is 0.382 e. The van der Waals surface area contributed by atoms with E-state index in [1.165, 1.54) is 32.1 Å². The van der Waals surface area contributed by atoms with Crippen LogP contribution in [0, 0.1) is 11.8 Å². The van der Waals surface area contributed by atoms with Gasteiger partial charge in [0.2, 0.25) is 0 Å². The van der Waals surface area contributed by atoms with Gasteiger partial charge in [0.15, 0.2) is 0 Å². The monoisotopic (exact) mass is 223 g/mol. The molecule has 0 radical (unpaired) electrons. The summed E-state index contributed by atoms with van der Waals surface area (Å²) in [7, 11) is 0. The molecule has 1 aromatic heterocycles. The molecule has 1 N–H and O–H groups in total. The highest BCUT2D eigenvalue weighted by molar-refractivity contribution is 7.09. The molecular formula is C12H17NOS. The number of thiazole rings is 1. The minimum Gasteiger partial charge on any atom is -0.382 e. The molecule has 1 aromatic rings. The van der Waals surface area contributed by atoms with E-state index in [4.69, 9.17) is 0 Å². The van der Waals surface area contributed by atoms with Crippen molar-refractivity contribution in [1.29, 1.82) is 0 Å². The number of nitrogens with zero attached hydrogens (tertiary/aromatic N) is 1. The predicted molar refractivity (Wildman–Crippen MR) is 60.7 cm³/mol. The second kappa shape index (κ2) is 3.56. The lowest BCUT2D eigenvalue weighted by Crippen LogP contribution is -2.34. The zero-order valence-corrected chi connectivity index (χ0v) is 9.67. The molecule has 3 heteroatoms. The molecule has 0 amide bonds. The molecule has 2 aliphatic carbocycles. The topological polar surface area (TPSA) is 33.1 Å². The molecule has 1 heterocycles. The molecule has 3 rings (SSSR count). The van der Waals surface area contributed by atoms with Crippen LogP contribution in [0.5, 0.6) is 0 Å². The standard InChI is InChI=1S/C12H17NOS/c14-12(11-13-7-8-15-11)6-5-9-3-1-2-4-10(9)12/h7-10,14H,1-6H2. The van der Waals surface area contributed by atoms with Gasteiger partial charge in [-0.05, 0) is 31.1 Å². The van der Waals surface area contributed by atoms with Gasteiger partial charge in [0, 0.05) is 11.6 Å². The average molecular weight is 223 g/mol. The maximum Gasteiger partial charge on any atom is 0.125 e. The summed E-state index contributed by atoms with van der Waals surface area (Å²) in [4.78, 5) is 4.33. The molecule has 82 valence electrons. The van der Waals surface area contributed by atoms with E-state index in [1.54, 1.807) is 11.3 Å². The maximum absolute atomic E-state index is 10.8. The first-order valence-corrected chi connectivity index (χ1v) is 6.81.